The molecule has 1 N–H and O–H groups in total. The highest BCUT2D eigenvalue weighted by molar-refractivity contribution is 7.70. The number of benzene rings is 1. The molecular weight excluding hydrogens is 475 g/mol. The number of carbonyl (C=O) groups is 1. The number of rotatable bonds is 1. The first-order valence-electron chi connectivity index (χ1n) is 12.1. The number of aliphatic imine (C=N–C) groups is 1. The Labute approximate surface area is 211 Å². The Hall–Kier alpha value is -3.45. The minimum absolute atomic E-state index is 0.293. The van der Waals surface area contributed by atoms with Crippen molar-refractivity contribution in [2.75, 3.05) is 36.7 Å². The number of anilines is 2. The summed E-state index contributed by atoms with van der Waals surface area (Å²) in [7, 11) is -0.616. The van der Waals surface area contributed by atoms with E-state index in [1.54, 1.807) is 36.3 Å². The third-order valence-electron chi connectivity index (χ3n) is 6.54. The van der Waals surface area contributed by atoms with Crippen LogP contribution >= 0.6 is 7.14 Å². The fourth-order valence-electron chi connectivity index (χ4n) is 4.63. The molecule has 1 atom stereocenters. The molecule has 188 valence electrons. The molecule has 1 unspecified atom stereocenters. The van der Waals surface area contributed by atoms with Gasteiger partial charge in [0.25, 0.3) is 5.91 Å². The predicted octanol–water partition coefficient (Wildman–Crippen LogP) is 4.28. The molecule has 2 aliphatic rings. The van der Waals surface area contributed by atoms with Crippen molar-refractivity contribution in [3.05, 3.63) is 47.8 Å². The van der Waals surface area contributed by atoms with Gasteiger partial charge in [0, 0.05) is 30.2 Å². The van der Waals surface area contributed by atoms with Crippen LogP contribution in [0, 0.1) is 12.8 Å². The van der Waals surface area contributed by atoms with Crippen molar-refractivity contribution in [2.45, 2.75) is 26.7 Å². The van der Waals surface area contributed by atoms with Gasteiger partial charge < -0.3 is 19.5 Å². The molecule has 0 saturated heterocycles. The van der Waals surface area contributed by atoms with Crippen LogP contribution in [0.2, 0.25) is 0 Å². The molecule has 0 fully saturated rings. The van der Waals surface area contributed by atoms with Crippen LogP contribution in [0.25, 0.3) is 11.3 Å². The van der Waals surface area contributed by atoms with Crippen molar-refractivity contribution in [1.82, 2.24) is 14.8 Å². The van der Waals surface area contributed by atoms with Crippen molar-refractivity contribution in [1.29, 1.82) is 0 Å². The quantitative estimate of drug-likeness (QED) is 0.492. The lowest BCUT2D eigenvalue weighted by atomic mass is 10.1. The van der Waals surface area contributed by atoms with Gasteiger partial charge in [0.1, 0.15) is 7.14 Å². The lowest BCUT2D eigenvalue weighted by Gasteiger charge is -2.23. The van der Waals surface area contributed by atoms with E-state index in [0.717, 1.165) is 35.1 Å². The molecule has 10 heteroatoms. The molecule has 1 aromatic carbocycles. The van der Waals surface area contributed by atoms with Crippen LogP contribution in [-0.4, -0.2) is 53.1 Å². The second-order valence-corrected chi connectivity index (χ2v) is 13.2. The molecular formula is C26H31N6O3P. The molecule has 0 aliphatic carbocycles. The second-order valence-electron chi connectivity index (χ2n) is 9.99. The highest BCUT2D eigenvalue weighted by Crippen LogP contribution is 2.40. The van der Waals surface area contributed by atoms with Gasteiger partial charge in [-0.2, -0.15) is 10.1 Å². The standard InChI is InChI=1S/C26H31N6O3P/c1-16-7-6-10-35-25-20(14-27-31(25)3)22-12-18(11-17(2)28-22)24(33)30-26-29-21-9-8-19(36(4,5)34)13-23(21)32(26)15-16/h8-9,11-14,16H,6-7,10,15H2,1-5H3,(H,29,30,33). The van der Waals surface area contributed by atoms with E-state index in [1.165, 1.54) is 0 Å². The number of hydrogen-bond acceptors (Lipinski definition) is 7. The van der Waals surface area contributed by atoms with E-state index >= 15 is 0 Å². The third-order valence-corrected chi connectivity index (χ3v) is 8.06. The Morgan fingerprint density at radius 1 is 1.19 bits per heavy atom. The van der Waals surface area contributed by atoms with Crippen LogP contribution in [-0.2, 0) is 11.6 Å². The SMILES string of the molecule is Cc1cc2cc(n1)-c1cnn(C)c1OCCCC(C)CN1/C(=N/C2=O)Nc2ccc(P(C)(C)=O)cc21. The number of aryl methyl sites for hydroxylation is 2. The molecule has 0 radical (unpaired) electrons. The molecule has 2 aromatic heterocycles. The van der Waals surface area contributed by atoms with E-state index in [9.17, 15) is 9.36 Å². The van der Waals surface area contributed by atoms with Gasteiger partial charge in [-0.3, -0.25) is 9.78 Å². The van der Waals surface area contributed by atoms with E-state index in [2.05, 4.69) is 27.3 Å². The van der Waals surface area contributed by atoms with Gasteiger partial charge in [0.2, 0.25) is 11.8 Å². The zero-order valence-electron chi connectivity index (χ0n) is 21.3. The first-order valence-corrected chi connectivity index (χ1v) is 14.7. The molecule has 9 nitrogen and oxygen atoms in total. The first kappa shape index (κ1) is 24.3. The van der Waals surface area contributed by atoms with E-state index in [4.69, 9.17) is 4.74 Å². The number of nitrogens with zero attached hydrogens (tertiary/aromatic N) is 5. The lowest BCUT2D eigenvalue weighted by Crippen LogP contribution is -2.35. The number of carbonyl (C=O) groups excluding carboxylic acids is 1. The Kier molecular flexibility index (Phi) is 6.20. The largest absolute Gasteiger partial charge is 0.477 e. The van der Waals surface area contributed by atoms with Gasteiger partial charge in [0.05, 0.1) is 35.4 Å². The van der Waals surface area contributed by atoms with Crippen LogP contribution in [0.1, 0.15) is 35.8 Å². The molecule has 3 aromatic rings. The normalized spacial score (nSPS) is 19.6. The summed E-state index contributed by atoms with van der Waals surface area (Å²) in [5.41, 5.74) is 4.25. The summed E-state index contributed by atoms with van der Waals surface area (Å²) in [6, 6.07) is 9.23. The highest BCUT2D eigenvalue weighted by Gasteiger charge is 2.29. The molecule has 4 heterocycles. The fraction of sp³-hybridized carbons (Fsp3) is 0.385. The van der Waals surface area contributed by atoms with Gasteiger partial charge in [0.15, 0.2) is 0 Å². The number of fused-ring (bicyclic) bond motifs is 7. The van der Waals surface area contributed by atoms with Crippen LogP contribution in [0.3, 0.4) is 0 Å². The Morgan fingerprint density at radius 2 is 2.00 bits per heavy atom. The highest BCUT2D eigenvalue weighted by atomic mass is 31.2. The maximum Gasteiger partial charge on any atom is 0.280 e. The number of pyridine rings is 1. The predicted molar refractivity (Wildman–Crippen MR) is 143 cm³/mol. The van der Waals surface area contributed by atoms with Gasteiger partial charge in [-0.05, 0) is 69.3 Å². The number of guanidine groups is 1. The average molecular weight is 507 g/mol. The molecule has 36 heavy (non-hydrogen) atoms. The summed E-state index contributed by atoms with van der Waals surface area (Å²) in [5, 5.41) is 8.46. The summed E-state index contributed by atoms with van der Waals surface area (Å²) in [6.45, 7) is 8.76. The summed E-state index contributed by atoms with van der Waals surface area (Å²) < 4.78 is 20.6. The monoisotopic (exact) mass is 506 g/mol. The topological polar surface area (TPSA) is 102 Å². The Bertz CT molecular complexity index is 1420. The Morgan fingerprint density at radius 3 is 2.78 bits per heavy atom. The van der Waals surface area contributed by atoms with Gasteiger partial charge >= 0.3 is 0 Å². The molecule has 0 saturated carbocycles. The maximum absolute atomic E-state index is 13.4. The molecule has 0 spiro atoms. The summed E-state index contributed by atoms with van der Waals surface area (Å²) in [5.74, 6) is 1.03. The van der Waals surface area contributed by atoms with E-state index in [-0.39, 0.29) is 5.91 Å². The van der Waals surface area contributed by atoms with Crippen molar-refractivity contribution >= 4 is 35.7 Å². The first-order chi connectivity index (χ1) is 17.1. The number of nitrogens with one attached hydrogen (secondary N) is 1. The number of aromatic nitrogens is 3. The second kappa shape index (κ2) is 9.21. The zero-order valence-corrected chi connectivity index (χ0v) is 22.2. The summed E-state index contributed by atoms with van der Waals surface area (Å²) in [4.78, 5) is 24.6. The minimum atomic E-state index is -2.45. The smallest absolute Gasteiger partial charge is 0.280 e. The number of hydrogen-bond donors (Lipinski definition) is 1. The van der Waals surface area contributed by atoms with Crippen LogP contribution in [0.15, 0.2) is 41.5 Å². The van der Waals surface area contributed by atoms with Gasteiger partial charge in [-0.25, -0.2) is 4.68 Å². The number of ether oxygens (including phenoxy) is 1. The van der Waals surface area contributed by atoms with E-state index in [1.807, 2.05) is 37.1 Å². The van der Waals surface area contributed by atoms with Crippen molar-refractivity contribution in [3.63, 3.8) is 0 Å². The van der Waals surface area contributed by atoms with Crippen LogP contribution in [0.4, 0.5) is 11.4 Å². The molecule has 2 aliphatic heterocycles. The van der Waals surface area contributed by atoms with Crippen LogP contribution in [0.5, 0.6) is 5.88 Å². The van der Waals surface area contributed by atoms with Gasteiger partial charge in [-0.1, -0.05) is 6.92 Å². The number of amides is 1. The van der Waals surface area contributed by atoms with Crippen molar-refractivity contribution in [3.8, 4) is 17.1 Å². The summed E-state index contributed by atoms with van der Waals surface area (Å²) >= 11 is 0. The lowest BCUT2D eigenvalue weighted by molar-refractivity contribution is 0.100. The van der Waals surface area contributed by atoms with Crippen molar-refractivity contribution < 1.29 is 14.1 Å². The molecule has 2 bridgehead atoms. The van der Waals surface area contributed by atoms with Gasteiger partial charge in [-0.15, -0.1) is 0 Å². The van der Waals surface area contributed by atoms with Crippen LogP contribution < -0.4 is 20.3 Å². The fourth-order valence-corrected chi connectivity index (χ4v) is 5.49. The maximum atomic E-state index is 13.4. The van der Waals surface area contributed by atoms with Crippen molar-refractivity contribution in [2.24, 2.45) is 18.0 Å². The minimum Gasteiger partial charge on any atom is -0.477 e. The van der Waals surface area contributed by atoms with E-state index < -0.39 is 7.14 Å². The Balaban J connectivity index is 1.60. The third kappa shape index (κ3) is 4.67. The molecule has 5 rings (SSSR count). The van der Waals surface area contributed by atoms with E-state index in [0.29, 0.717) is 47.9 Å². The summed E-state index contributed by atoms with van der Waals surface area (Å²) in [6.07, 6.45) is 3.49. The average Bonchev–Trinajstić information content (AvgIpc) is 3.34. The molecule has 1 amide bonds. The zero-order chi connectivity index (χ0) is 25.6.